The minimum absolute atomic E-state index is 0.234. The third kappa shape index (κ3) is 3.26. The lowest BCUT2D eigenvalue weighted by atomic mass is 10.2. The molecule has 2 N–H and O–H groups in total. The van der Waals surface area contributed by atoms with Crippen molar-refractivity contribution in [2.24, 2.45) is 0 Å². The number of rotatable bonds is 6. The summed E-state index contributed by atoms with van der Waals surface area (Å²) in [5, 5.41) is 10.8. The van der Waals surface area contributed by atoms with Crippen LogP contribution >= 0.6 is 0 Å². The number of nitrogens with one attached hydrogen (secondary N) is 2. The van der Waals surface area contributed by atoms with Crippen molar-refractivity contribution in [2.45, 2.75) is 39.8 Å². The molecule has 20 heavy (non-hydrogen) atoms. The topological polar surface area (TPSA) is 67.7 Å². The number of aryl methyl sites for hydroxylation is 1. The van der Waals surface area contributed by atoms with Crippen molar-refractivity contribution in [2.75, 3.05) is 17.7 Å². The van der Waals surface area contributed by atoms with Gasteiger partial charge in [-0.05, 0) is 19.9 Å². The van der Waals surface area contributed by atoms with Crippen LogP contribution < -0.4 is 10.6 Å². The van der Waals surface area contributed by atoms with Crippen molar-refractivity contribution < 1.29 is 0 Å². The third-order valence-electron chi connectivity index (χ3n) is 3.15. The molecule has 6 nitrogen and oxygen atoms in total. The van der Waals surface area contributed by atoms with Gasteiger partial charge >= 0.3 is 0 Å². The highest BCUT2D eigenvalue weighted by Crippen LogP contribution is 2.20. The first kappa shape index (κ1) is 14.3. The van der Waals surface area contributed by atoms with Gasteiger partial charge in [0.1, 0.15) is 17.5 Å². The van der Waals surface area contributed by atoms with Gasteiger partial charge in [0.2, 0.25) is 0 Å². The van der Waals surface area contributed by atoms with Crippen molar-refractivity contribution in [3.05, 3.63) is 29.8 Å². The zero-order valence-corrected chi connectivity index (χ0v) is 12.5. The Labute approximate surface area is 119 Å². The molecule has 2 heterocycles. The number of nitrogens with zero attached hydrogens (tertiary/aromatic N) is 4. The van der Waals surface area contributed by atoms with Gasteiger partial charge in [0.25, 0.3) is 0 Å². The minimum Gasteiger partial charge on any atom is -0.373 e. The first-order chi connectivity index (χ1) is 9.63. The molecule has 0 amide bonds. The smallest absolute Gasteiger partial charge is 0.135 e. The Kier molecular flexibility index (Phi) is 4.55. The fourth-order valence-corrected chi connectivity index (χ4v) is 2.07. The summed E-state index contributed by atoms with van der Waals surface area (Å²) in [6, 6.07) is 2.16. The summed E-state index contributed by atoms with van der Waals surface area (Å²) in [4.78, 5) is 9.05. The lowest BCUT2D eigenvalue weighted by Crippen LogP contribution is -2.24. The molecular weight excluding hydrogens is 252 g/mol. The molecule has 0 bridgehead atoms. The molecule has 0 spiro atoms. The van der Waals surface area contributed by atoms with Gasteiger partial charge in [-0.25, -0.2) is 9.97 Å². The first-order valence-corrected chi connectivity index (χ1v) is 6.93. The summed E-state index contributed by atoms with van der Waals surface area (Å²) in [7, 11) is 1.88. The van der Waals surface area contributed by atoms with Gasteiger partial charge in [-0.2, -0.15) is 5.10 Å². The number of anilines is 2. The van der Waals surface area contributed by atoms with E-state index in [4.69, 9.17) is 0 Å². The van der Waals surface area contributed by atoms with Gasteiger partial charge in [-0.1, -0.05) is 6.92 Å². The number of hydrogen-bond acceptors (Lipinski definition) is 5. The van der Waals surface area contributed by atoms with Crippen LogP contribution in [0.4, 0.5) is 11.6 Å². The zero-order valence-electron chi connectivity index (χ0n) is 12.5. The lowest BCUT2D eigenvalue weighted by molar-refractivity contribution is 0.559. The van der Waals surface area contributed by atoms with E-state index in [1.807, 2.05) is 30.9 Å². The van der Waals surface area contributed by atoms with Crippen molar-refractivity contribution >= 4 is 11.6 Å². The molecule has 1 unspecified atom stereocenters. The monoisotopic (exact) mass is 274 g/mol. The van der Waals surface area contributed by atoms with E-state index >= 15 is 0 Å². The van der Waals surface area contributed by atoms with Crippen LogP contribution in [0.1, 0.15) is 25.2 Å². The number of hydrogen-bond donors (Lipinski definition) is 2. The van der Waals surface area contributed by atoms with E-state index in [0.717, 1.165) is 36.0 Å². The Morgan fingerprint density at radius 2 is 2.05 bits per heavy atom. The van der Waals surface area contributed by atoms with Crippen LogP contribution in [0.3, 0.4) is 0 Å². The van der Waals surface area contributed by atoms with E-state index in [0.29, 0.717) is 0 Å². The highest BCUT2D eigenvalue weighted by Gasteiger charge is 2.12. The maximum absolute atomic E-state index is 4.58. The normalized spacial score (nSPS) is 12.2. The zero-order chi connectivity index (χ0) is 14.5. The summed E-state index contributed by atoms with van der Waals surface area (Å²) < 4.78 is 1.91. The molecule has 0 fully saturated rings. The molecule has 0 radical (unpaired) electrons. The summed E-state index contributed by atoms with van der Waals surface area (Å²) in [5.41, 5.74) is 1.04. The Morgan fingerprint density at radius 3 is 2.65 bits per heavy atom. The number of aromatic nitrogens is 4. The summed E-state index contributed by atoms with van der Waals surface area (Å²) >= 11 is 0. The van der Waals surface area contributed by atoms with Crippen molar-refractivity contribution in [1.29, 1.82) is 0 Å². The Morgan fingerprint density at radius 1 is 1.30 bits per heavy atom. The predicted molar refractivity (Wildman–Crippen MR) is 81.0 cm³/mol. The second kappa shape index (κ2) is 6.36. The Balaban J connectivity index is 2.15. The Hall–Kier alpha value is -2.11. The van der Waals surface area contributed by atoms with Gasteiger partial charge in [0, 0.05) is 37.5 Å². The molecule has 0 aliphatic rings. The average molecular weight is 274 g/mol. The molecule has 0 aliphatic heterocycles. The quantitative estimate of drug-likeness (QED) is 0.844. The third-order valence-corrected chi connectivity index (χ3v) is 3.15. The fraction of sp³-hybridized carbons (Fsp3) is 0.500. The lowest BCUT2D eigenvalue weighted by Gasteiger charge is -2.18. The molecule has 0 saturated carbocycles. The minimum atomic E-state index is 0.234. The Bertz CT molecular complexity index is 549. The molecular formula is C14H22N6. The van der Waals surface area contributed by atoms with Crippen molar-refractivity contribution in [3.63, 3.8) is 0 Å². The van der Waals surface area contributed by atoms with E-state index in [-0.39, 0.29) is 6.04 Å². The molecule has 6 heteroatoms. The second-order valence-electron chi connectivity index (χ2n) is 4.84. The SMILES string of the molecule is CCc1nc(NC)c(C)c(NC(C)Cn2cccn2)n1. The standard InChI is InChI=1S/C14H22N6/c1-5-12-18-13(15-4)11(3)14(19-12)17-10(2)9-20-8-6-7-16-20/h6-8,10H,5,9H2,1-4H3,(H2,15,17,18,19). The van der Waals surface area contributed by atoms with Crippen LogP contribution in [0.5, 0.6) is 0 Å². The van der Waals surface area contributed by atoms with Crippen LogP contribution in [0, 0.1) is 6.92 Å². The van der Waals surface area contributed by atoms with Gasteiger partial charge < -0.3 is 10.6 Å². The first-order valence-electron chi connectivity index (χ1n) is 6.93. The second-order valence-corrected chi connectivity index (χ2v) is 4.84. The highest BCUT2D eigenvalue weighted by atomic mass is 15.3. The van der Waals surface area contributed by atoms with E-state index < -0.39 is 0 Å². The van der Waals surface area contributed by atoms with E-state index in [1.165, 1.54) is 0 Å². The predicted octanol–water partition coefficient (Wildman–Crippen LogP) is 2.09. The molecule has 2 aromatic heterocycles. The highest BCUT2D eigenvalue weighted by molar-refractivity contribution is 5.57. The van der Waals surface area contributed by atoms with Crippen LogP contribution in [0.2, 0.25) is 0 Å². The van der Waals surface area contributed by atoms with Gasteiger partial charge in [-0.3, -0.25) is 4.68 Å². The van der Waals surface area contributed by atoms with E-state index in [1.54, 1.807) is 6.20 Å². The molecule has 0 aliphatic carbocycles. The maximum Gasteiger partial charge on any atom is 0.135 e. The van der Waals surface area contributed by atoms with Crippen LogP contribution in [0.15, 0.2) is 18.5 Å². The van der Waals surface area contributed by atoms with Crippen molar-refractivity contribution in [1.82, 2.24) is 19.7 Å². The van der Waals surface area contributed by atoms with Gasteiger partial charge in [0.05, 0.1) is 6.54 Å². The van der Waals surface area contributed by atoms with E-state index in [2.05, 4.69) is 39.5 Å². The van der Waals surface area contributed by atoms with Crippen LogP contribution in [0.25, 0.3) is 0 Å². The van der Waals surface area contributed by atoms with Crippen LogP contribution in [-0.4, -0.2) is 32.8 Å². The van der Waals surface area contributed by atoms with Crippen LogP contribution in [-0.2, 0) is 13.0 Å². The molecule has 1 atom stereocenters. The summed E-state index contributed by atoms with van der Waals surface area (Å²) in [5.74, 6) is 2.61. The molecule has 108 valence electrons. The van der Waals surface area contributed by atoms with Gasteiger partial charge in [-0.15, -0.1) is 0 Å². The summed E-state index contributed by atoms with van der Waals surface area (Å²) in [6.07, 6.45) is 4.57. The fourth-order valence-electron chi connectivity index (χ4n) is 2.07. The molecule has 2 rings (SSSR count). The van der Waals surface area contributed by atoms with E-state index in [9.17, 15) is 0 Å². The summed E-state index contributed by atoms with van der Waals surface area (Å²) in [6.45, 7) is 7.00. The molecule has 2 aromatic rings. The van der Waals surface area contributed by atoms with Crippen molar-refractivity contribution in [3.8, 4) is 0 Å². The van der Waals surface area contributed by atoms with Gasteiger partial charge in [0.15, 0.2) is 0 Å². The maximum atomic E-state index is 4.58. The average Bonchev–Trinajstić information content (AvgIpc) is 2.93. The largest absolute Gasteiger partial charge is 0.373 e. The molecule has 0 aromatic carbocycles. The molecule has 0 saturated heterocycles.